The van der Waals surface area contributed by atoms with Crippen molar-refractivity contribution < 1.29 is 19.1 Å². The normalized spacial score (nSPS) is 19.5. The molecule has 2 aliphatic rings. The molecule has 6 atom stereocenters. The maximum atomic E-state index is 13.7. The van der Waals surface area contributed by atoms with Crippen molar-refractivity contribution in [1.82, 2.24) is 35.1 Å². The molecule has 3 amide bonds. The van der Waals surface area contributed by atoms with E-state index in [-0.39, 0.29) is 35.7 Å². The van der Waals surface area contributed by atoms with E-state index >= 15 is 0 Å². The molecule has 0 saturated carbocycles. The summed E-state index contributed by atoms with van der Waals surface area (Å²) in [6.07, 6.45) is 8.23. The number of likely N-dealkylation sites (tertiary alicyclic amines) is 2. The minimum Gasteiger partial charge on any atom is -0.453 e. The number of amides is 3. The van der Waals surface area contributed by atoms with Crippen molar-refractivity contribution >= 4 is 28.7 Å². The predicted octanol–water partition coefficient (Wildman–Crippen LogP) is 7.13. The second-order valence-corrected chi connectivity index (χ2v) is 14.4. The lowest BCUT2D eigenvalue weighted by atomic mass is 9.92. The Morgan fingerprint density at radius 2 is 1.48 bits per heavy atom. The van der Waals surface area contributed by atoms with Gasteiger partial charge in [-0.1, -0.05) is 71.6 Å². The van der Waals surface area contributed by atoms with Crippen LogP contribution in [0.15, 0.2) is 48.8 Å². The number of aromatic nitrogens is 4. The molecule has 11 heteroatoms. The maximum Gasteiger partial charge on any atom is 0.407 e. The summed E-state index contributed by atoms with van der Waals surface area (Å²) in [7, 11) is 1.30. The van der Waals surface area contributed by atoms with Gasteiger partial charge in [0, 0.05) is 30.1 Å². The Balaban J connectivity index is 1.14. The van der Waals surface area contributed by atoms with Crippen molar-refractivity contribution in [2.75, 3.05) is 20.2 Å². The highest BCUT2D eigenvalue weighted by atomic mass is 16.5. The van der Waals surface area contributed by atoms with Crippen LogP contribution in [0.5, 0.6) is 0 Å². The van der Waals surface area contributed by atoms with E-state index in [0.717, 1.165) is 90.0 Å². The first-order valence-corrected chi connectivity index (χ1v) is 18.7. The van der Waals surface area contributed by atoms with Crippen LogP contribution in [-0.4, -0.2) is 73.9 Å². The highest BCUT2D eigenvalue weighted by Crippen LogP contribution is 2.35. The number of hydrogen-bond acceptors (Lipinski definition) is 6. The van der Waals surface area contributed by atoms with E-state index in [1.807, 2.05) is 42.8 Å². The smallest absolute Gasteiger partial charge is 0.407 e. The average Bonchev–Trinajstić information content (AvgIpc) is 4.01. The largest absolute Gasteiger partial charge is 0.453 e. The van der Waals surface area contributed by atoms with E-state index in [0.29, 0.717) is 12.5 Å². The van der Waals surface area contributed by atoms with Gasteiger partial charge in [0.05, 0.1) is 37.3 Å². The van der Waals surface area contributed by atoms with Gasteiger partial charge in [0.2, 0.25) is 11.8 Å². The van der Waals surface area contributed by atoms with Crippen LogP contribution in [0.4, 0.5) is 4.79 Å². The SMILES string of the molecule is CC[C@H](C)[C@H](C)C(=O)N1CCC[C@H]1c1ncc(C#Cc2ccc3cc(-c4cnc([C@@H]5CCCN5C(=O)[C@@H](NC(=O)OC)[C@@H](C)CC)[nH]4)ccc3c2)[nH]1. The predicted molar refractivity (Wildman–Crippen MR) is 201 cm³/mol. The third kappa shape index (κ3) is 7.71. The number of imidazole rings is 2. The molecule has 0 spiro atoms. The van der Waals surface area contributed by atoms with Crippen LogP contribution in [0, 0.1) is 29.6 Å². The number of hydrogen-bond donors (Lipinski definition) is 3. The molecule has 274 valence electrons. The van der Waals surface area contributed by atoms with Gasteiger partial charge in [0.15, 0.2) is 0 Å². The first-order valence-electron chi connectivity index (χ1n) is 18.7. The number of ether oxygens (including phenoxy) is 1. The number of nitrogens with one attached hydrogen (secondary N) is 3. The monoisotopic (exact) mass is 705 g/mol. The quantitative estimate of drug-likeness (QED) is 0.150. The molecule has 52 heavy (non-hydrogen) atoms. The summed E-state index contributed by atoms with van der Waals surface area (Å²) in [6, 6.07) is 11.5. The van der Waals surface area contributed by atoms with Gasteiger partial charge >= 0.3 is 6.09 Å². The van der Waals surface area contributed by atoms with Gasteiger partial charge in [-0.3, -0.25) is 9.59 Å². The summed E-state index contributed by atoms with van der Waals surface area (Å²) in [5, 5.41) is 4.89. The molecule has 0 radical (unpaired) electrons. The molecule has 2 fully saturated rings. The maximum absolute atomic E-state index is 13.7. The standard InChI is InChI=1S/C41H51N7O4/c1-7-25(3)27(5)39(49)47-19-9-11-34(47)37-42-23-32(44-37)18-14-28-13-15-30-22-31(17-16-29(30)21-28)33-24-43-38(45-33)35-12-10-20-48(35)40(50)36(26(4)8-2)46-41(51)52-6/h13,15-17,21-27,34-36H,7-12,19-20H2,1-6H3,(H,42,44)(H,43,45)(H,46,51)/t25-,26-,27-,34-,35-,36-/m0/s1. The molecule has 3 N–H and O–H groups in total. The summed E-state index contributed by atoms with van der Waals surface area (Å²) < 4.78 is 4.80. The van der Waals surface area contributed by atoms with Crippen molar-refractivity contribution in [3.63, 3.8) is 0 Å². The molecular weight excluding hydrogens is 654 g/mol. The fourth-order valence-corrected chi connectivity index (χ4v) is 7.39. The summed E-state index contributed by atoms with van der Waals surface area (Å²) in [6.45, 7) is 11.7. The lowest BCUT2D eigenvalue weighted by Crippen LogP contribution is -2.51. The molecule has 0 unspecified atom stereocenters. The number of carbonyl (C=O) groups excluding carboxylic acids is 3. The van der Waals surface area contributed by atoms with Crippen molar-refractivity contribution in [1.29, 1.82) is 0 Å². The fraction of sp³-hybridized carbons (Fsp3) is 0.488. The summed E-state index contributed by atoms with van der Waals surface area (Å²) in [5.74, 6) is 8.44. The Morgan fingerprint density at radius 3 is 2.17 bits per heavy atom. The first-order chi connectivity index (χ1) is 25.1. The van der Waals surface area contributed by atoms with E-state index in [1.165, 1.54) is 7.11 Å². The molecule has 2 saturated heterocycles. The van der Waals surface area contributed by atoms with E-state index in [2.05, 4.69) is 76.3 Å². The van der Waals surface area contributed by atoms with Gasteiger partial charge in [-0.25, -0.2) is 14.8 Å². The molecule has 4 heterocycles. The average molecular weight is 706 g/mol. The molecule has 2 aromatic carbocycles. The van der Waals surface area contributed by atoms with Crippen LogP contribution >= 0.6 is 0 Å². The molecule has 4 aromatic rings. The van der Waals surface area contributed by atoms with Gasteiger partial charge in [0.25, 0.3) is 0 Å². The van der Waals surface area contributed by atoms with Crippen LogP contribution in [0.1, 0.15) is 108 Å². The molecule has 11 nitrogen and oxygen atoms in total. The van der Waals surface area contributed by atoms with Gasteiger partial charge < -0.3 is 29.8 Å². The zero-order chi connectivity index (χ0) is 36.9. The Morgan fingerprint density at radius 1 is 0.846 bits per heavy atom. The van der Waals surface area contributed by atoms with Gasteiger partial charge in [-0.15, -0.1) is 0 Å². The number of alkyl carbamates (subject to hydrolysis) is 1. The fourth-order valence-electron chi connectivity index (χ4n) is 7.39. The van der Waals surface area contributed by atoms with Crippen LogP contribution in [0.2, 0.25) is 0 Å². The minimum absolute atomic E-state index is 0.00689. The number of carbonyl (C=O) groups is 3. The Kier molecular flexibility index (Phi) is 11.3. The minimum atomic E-state index is -0.664. The van der Waals surface area contributed by atoms with Crippen LogP contribution in [0.3, 0.4) is 0 Å². The second kappa shape index (κ2) is 16.1. The highest BCUT2D eigenvalue weighted by molar-refractivity contribution is 5.88. The Labute approximate surface area is 306 Å². The zero-order valence-corrected chi connectivity index (χ0v) is 31.2. The third-order valence-electron chi connectivity index (χ3n) is 11.2. The number of aromatic amines is 2. The number of nitrogens with zero attached hydrogens (tertiary/aromatic N) is 4. The summed E-state index contributed by atoms with van der Waals surface area (Å²) in [4.78, 5) is 59.0. The molecule has 2 aromatic heterocycles. The van der Waals surface area contributed by atoms with Crippen LogP contribution < -0.4 is 5.32 Å². The van der Waals surface area contributed by atoms with E-state index in [9.17, 15) is 14.4 Å². The van der Waals surface area contributed by atoms with Crippen molar-refractivity contribution in [2.45, 2.75) is 91.3 Å². The lowest BCUT2D eigenvalue weighted by Gasteiger charge is -2.30. The molecule has 6 rings (SSSR count). The van der Waals surface area contributed by atoms with Crippen LogP contribution in [-0.2, 0) is 14.3 Å². The van der Waals surface area contributed by atoms with Gasteiger partial charge in [-0.05, 0) is 72.4 Å². The third-order valence-corrected chi connectivity index (χ3v) is 11.2. The summed E-state index contributed by atoms with van der Waals surface area (Å²) >= 11 is 0. The van der Waals surface area contributed by atoms with E-state index in [1.54, 1.807) is 6.20 Å². The van der Waals surface area contributed by atoms with Crippen molar-refractivity contribution in [2.24, 2.45) is 17.8 Å². The summed E-state index contributed by atoms with van der Waals surface area (Å²) in [5.41, 5.74) is 3.49. The number of H-pyrrole nitrogens is 2. The van der Waals surface area contributed by atoms with Crippen molar-refractivity contribution in [3.05, 3.63) is 71.7 Å². The Bertz CT molecular complexity index is 1970. The second-order valence-electron chi connectivity index (χ2n) is 14.4. The topological polar surface area (TPSA) is 136 Å². The molecular formula is C41H51N7O4. The highest BCUT2D eigenvalue weighted by Gasteiger charge is 2.38. The van der Waals surface area contributed by atoms with Gasteiger partial charge in [0.1, 0.15) is 23.4 Å². The van der Waals surface area contributed by atoms with Gasteiger partial charge in [-0.2, -0.15) is 0 Å². The zero-order valence-electron chi connectivity index (χ0n) is 31.2. The van der Waals surface area contributed by atoms with E-state index < -0.39 is 12.1 Å². The lowest BCUT2D eigenvalue weighted by molar-refractivity contribution is -0.138. The first kappa shape index (κ1) is 36.7. The number of rotatable bonds is 10. The molecule has 0 bridgehead atoms. The van der Waals surface area contributed by atoms with Crippen molar-refractivity contribution in [3.8, 4) is 23.1 Å². The Hall–Kier alpha value is -5.11. The van der Waals surface area contributed by atoms with Crippen LogP contribution in [0.25, 0.3) is 22.0 Å². The molecule has 0 aliphatic carbocycles. The molecule has 2 aliphatic heterocycles. The van der Waals surface area contributed by atoms with E-state index in [4.69, 9.17) is 9.72 Å². The number of benzene rings is 2. The number of methoxy groups -OCH3 is 1. The number of fused-ring (bicyclic) bond motifs is 1.